The van der Waals surface area contributed by atoms with Crippen LogP contribution in [0.3, 0.4) is 0 Å². The van der Waals surface area contributed by atoms with Gasteiger partial charge in [-0.1, -0.05) is 255 Å². The third-order valence-corrected chi connectivity index (χ3v) is 15.1. The Balaban J connectivity index is 0.000000621. The molecule has 0 saturated heterocycles. The number of unbranched alkanes of at least 4 members (excludes halogenated alkanes) is 8. The molecule has 64 heavy (non-hydrogen) atoms. The molecule has 4 aromatic rings. The molecule has 0 N–H and O–H groups in total. The van der Waals surface area contributed by atoms with Gasteiger partial charge in [0.05, 0.1) is 0 Å². The van der Waals surface area contributed by atoms with Gasteiger partial charge in [0.25, 0.3) is 0 Å². The Labute approximate surface area is 419 Å². The third-order valence-electron chi connectivity index (χ3n) is 13.0. The van der Waals surface area contributed by atoms with Crippen molar-refractivity contribution >= 4 is 23.5 Å². The van der Waals surface area contributed by atoms with E-state index in [0.717, 1.165) is 25.7 Å². The van der Waals surface area contributed by atoms with Gasteiger partial charge in [0, 0.05) is 19.6 Å². The normalized spacial score (nSPS) is 11.9. The summed E-state index contributed by atoms with van der Waals surface area (Å²) in [5, 5.41) is 50.4. The van der Waals surface area contributed by atoms with E-state index in [1.54, 1.807) is 24.3 Å². The Hall–Kier alpha value is -2.23. The second-order valence-corrected chi connectivity index (χ2v) is 22.4. The molecular formula is C56H80Ni2O4S2. The van der Waals surface area contributed by atoms with Crippen LogP contribution >= 0.6 is 23.5 Å². The molecule has 0 aromatic heterocycles. The monoisotopic (exact) mass is 996 g/mol. The average molecular weight is 999 g/mol. The molecule has 0 aliphatic rings. The largest absolute Gasteiger partial charge is 2.00 e. The van der Waals surface area contributed by atoms with Crippen molar-refractivity contribution < 1.29 is 53.4 Å². The SMILES string of the molecule is CCCCCC(C)(C)c1ccc([O-])c(Sc2cc(C(C)(C)CCCCC)ccc2[O-])c1.CCCCCC(C)(C)c1ccc([O-])c(Sc2cc(C(C)(C)CCCCC)ccc2[O-])c1.[Ni+2].[Ni+2]. The maximum atomic E-state index is 12.6. The van der Waals surface area contributed by atoms with Crippen LogP contribution in [0.15, 0.2) is 92.4 Å². The fraction of sp³-hybridized carbons (Fsp3) is 0.571. The van der Waals surface area contributed by atoms with E-state index in [9.17, 15) is 20.4 Å². The van der Waals surface area contributed by atoms with Crippen molar-refractivity contribution in [3.05, 3.63) is 95.1 Å². The first-order chi connectivity index (χ1) is 29.2. The molecule has 4 aromatic carbocycles. The zero-order valence-corrected chi connectivity index (χ0v) is 44.9. The van der Waals surface area contributed by atoms with Gasteiger partial charge in [0.1, 0.15) is 0 Å². The van der Waals surface area contributed by atoms with Gasteiger partial charge in [-0.15, -0.1) is 0 Å². The van der Waals surface area contributed by atoms with E-state index >= 15 is 0 Å². The molecule has 4 rings (SSSR count). The van der Waals surface area contributed by atoms with Crippen molar-refractivity contribution in [1.29, 1.82) is 0 Å². The Kier molecular flexibility index (Phi) is 26.3. The molecule has 0 bridgehead atoms. The second-order valence-electron chi connectivity index (χ2n) is 20.2. The third kappa shape index (κ3) is 18.5. The van der Waals surface area contributed by atoms with Crippen LogP contribution in [0.2, 0.25) is 0 Å². The number of benzene rings is 4. The smallest absolute Gasteiger partial charge is 0.872 e. The molecule has 8 heteroatoms. The van der Waals surface area contributed by atoms with E-state index in [2.05, 4.69) is 83.1 Å². The maximum absolute atomic E-state index is 12.6. The predicted molar refractivity (Wildman–Crippen MR) is 260 cm³/mol. The van der Waals surface area contributed by atoms with Crippen molar-refractivity contribution in [3.63, 3.8) is 0 Å². The summed E-state index contributed by atoms with van der Waals surface area (Å²) in [7, 11) is 0. The number of rotatable bonds is 24. The average Bonchev–Trinajstić information content (AvgIpc) is 3.21. The van der Waals surface area contributed by atoms with Crippen LogP contribution in [0.1, 0.15) is 208 Å². The van der Waals surface area contributed by atoms with Gasteiger partial charge in [-0.05, 0) is 93.9 Å². The van der Waals surface area contributed by atoms with Crippen LogP contribution in [0.4, 0.5) is 0 Å². The van der Waals surface area contributed by atoms with E-state index in [1.165, 1.54) is 123 Å². The van der Waals surface area contributed by atoms with Crippen LogP contribution in [-0.2, 0) is 54.6 Å². The Morgan fingerprint density at radius 1 is 0.328 bits per heavy atom. The van der Waals surface area contributed by atoms with Gasteiger partial charge >= 0.3 is 33.0 Å². The molecule has 360 valence electrons. The first kappa shape index (κ1) is 59.8. The quantitative estimate of drug-likeness (QED) is 0.0513. The summed E-state index contributed by atoms with van der Waals surface area (Å²) in [6, 6.07) is 22.6. The van der Waals surface area contributed by atoms with Crippen molar-refractivity contribution in [1.82, 2.24) is 0 Å². The van der Waals surface area contributed by atoms with Crippen LogP contribution < -0.4 is 20.4 Å². The minimum atomic E-state index is -0.00915. The van der Waals surface area contributed by atoms with Gasteiger partial charge in [-0.25, -0.2) is 0 Å². The van der Waals surface area contributed by atoms with E-state index in [0.29, 0.717) is 19.6 Å². The summed E-state index contributed by atoms with van der Waals surface area (Å²) in [6.45, 7) is 26.8. The molecule has 4 nitrogen and oxygen atoms in total. The first-order valence-corrected chi connectivity index (χ1v) is 25.5. The molecule has 0 amide bonds. The van der Waals surface area contributed by atoms with Crippen molar-refractivity contribution in [3.8, 4) is 23.0 Å². The van der Waals surface area contributed by atoms with Crippen LogP contribution in [-0.4, -0.2) is 0 Å². The van der Waals surface area contributed by atoms with Crippen molar-refractivity contribution in [2.24, 2.45) is 0 Å². The Bertz CT molecular complexity index is 1690. The fourth-order valence-electron chi connectivity index (χ4n) is 8.12. The molecule has 0 aliphatic carbocycles. The maximum Gasteiger partial charge on any atom is 2.00 e. The minimum Gasteiger partial charge on any atom is -0.872 e. The molecule has 0 heterocycles. The zero-order chi connectivity index (χ0) is 46.1. The predicted octanol–water partition coefficient (Wildman–Crippen LogP) is 15.4. The van der Waals surface area contributed by atoms with E-state index in [4.69, 9.17) is 0 Å². The zero-order valence-electron chi connectivity index (χ0n) is 41.3. The van der Waals surface area contributed by atoms with Gasteiger partial charge in [-0.2, -0.15) is 0 Å². The van der Waals surface area contributed by atoms with Crippen molar-refractivity contribution in [2.75, 3.05) is 0 Å². The molecule has 0 radical (unpaired) electrons. The van der Waals surface area contributed by atoms with Gasteiger partial charge in [0.2, 0.25) is 0 Å². The van der Waals surface area contributed by atoms with E-state index < -0.39 is 0 Å². The minimum absolute atomic E-state index is 0. The fourth-order valence-corrected chi connectivity index (χ4v) is 10.0. The van der Waals surface area contributed by atoms with Gasteiger partial charge in [-0.3, -0.25) is 0 Å². The van der Waals surface area contributed by atoms with Gasteiger partial charge < -0.3 is 20.4 Å². The number of hydrogen-bond acceptors (Lipinski definition) is 6. The van der Waals surface area contributed by atoms with Crippen LogP contribution in [0.5, 0.6) is 23.0 Å². The first-order valence-electron chi connectivity index (χ1n) is 23.8. The molecule has 0 saturated carbocycles. The van der Waals surface area contributed by atoms with Crippen molar-refractivity contribution in [2.45, 2.75) is 227 Å². The summed E-state index contributed by atoms with van der Waals surface area (Å²) in [4.78, 5) is 2.61. The number of hydrogen-bond donors (Lipinski definition) is 0. The Morgan fingerprint density at radius 2 is 0.516 bits per heavy atom. The molecular weight excluding hydrogens is 918 g/mol. The summed E-state index contributed by atoms with van der Waals surface area (Å²) in [6.07, 6.45) is 18.8. The second kappa shape index (κ2) is 28.2. The Morgan fingerprint density at radius 3 is 0.688 bits per heavy atom. The topological polar surface area (TPSA) is 92.2 Å². The molecule has 0 spiro atoms. The van der Waals surface area contributed by atoms with E-state index in [1.807, 2.05) is 48.5 Å². The molecule has 0 atom stereocenters. The van der Waals surface area contributed by atoms with Crippen LogP contribution in [0, 0.1) is 0 Å². The summed E-state index contributed by atoms with van der Waals surface area (Å²) < 4.78 is 0. The molecule has 0 aliphatic heterocycles. The van der Waals surface area contributed by atoms with Gasteiger partial charge in [0.15, 0.2) is 0 Å². The molecule has 0 fully saturated rings. The molecule has 0 unspecified atom stereocenters. The standard InChI is InChI=1S/2C28H42O2S.2Ni/c2*1-7-9-11-17-27(3,4)21-13-15-23(29)25(19-21)31-26-20-22(14-16-24(26)30)28(5,6)18-12-10-8-2;;/h2*13-16,19-20,29-30H,7-12,17-18H2,1-6H3;;/q;;2*+2/p-4. The summed E-state index contributed by atoms with van der Waals surface area (Å²) >= 11 is 2.67. The summed E-state index contributed by atoms with van der Waals surface area (Å²) in [5.74, 6) is -0.0366. The van der Waals surface area contributed by atoms with Crippen LogP contribution in [0.25, 0.3) is 0 Å². The summed E-state index contributed by atoms with van der Waals surface area (Å²) in [5.41, 5.74) is 4.76. The van der Waals surface area contributed by atoms with E-state index in [-0.39, 0.29) is 77.6 Å².